The van der Waals surface area contributed by atoms with E-state index in [9.17, 15) is 9.59 Å². The SMILES string of the molecule is CC(=O)N1CC(N(Cc2ccc(C)cc2)C2CC2)CC1C(=O)NCCN. The van der Waals surface area contributed by atoms with E-state index in [1.54, 1.807) is 11.8 Å². The summed E-state index contributed by atoms with van der Waals surface area (Å²) in [5.74, 6) is -0.120. The van der Waals surface area contributed by atoms with Crippen molar-refractivity contribution in [3.63, 3.8) is 0 Å². The van der Waals surface area contributed by atoms with Crippen molar-refractivity contribution in [3.05, 3.63) is 35.4 Å². The predicted octanol–water partition coefficient (Wildman–Crippen LogP) is 1.02. The van der Waals surface area contributed by atoms with Gasteiger partial charge in [-0.15, -0.1) is 0 Å². The number of carbonyl (C=O) groups is 2. The number of benzene rings is 1. The predicted molar refractivity (Wildman–Crippen MR) is 101 cm³/mol. The quantitative estimate of drug-likeness (QED) is 0.763. The Kier molecular flexibility index (Phi) is 5.94. The van der Waals surface area contributed by atoms with Gasteiger partial charge in [0.1, 0.15) is 6.04 Å². The molecule has 142 valence electrons. The number of nitrogens with two attached hydrogens (primary N) is 1. The standard InChI is InChI=1S/C20H30N4O2/c1-14-3-5-16(6-4-14)12-24(17-7-8-17)18-11-19(20(26)22-10-9-21)23(13-18)15(2)25/h3-6,17-19H,7-13,21H2,1-2H3,(H,22,26). The number of amides is 2. The summed E-state index contributed by atoms with van der Waals surface area (Å²) in [5, 5.41) is 2.84. The van der Waals surface area contributed by atoms with Gasteiger partial charge < -0.3 is 16.0 Å². The van der Waals surface area contributed by atoms with Crippen LogP contribution in [0.5, 0.6) is 0 Å². The fraction of sp³-hybridized carbons (Fsp3) is 0.600. The lowest BCUT2D eigenvalue weighted by Gasteiger charge is -2.29. The zero-order valence-electron chi connectivity index (χ0n) is 15.8. The average Bonchev–Trinajstić information content (AvgIpc) is 3.36. The molecule has 3 rings (SSSR count). The first-order valence-corrected chi connectivity index (χ1v) is 9.56. The molecule has 1 aliphatic heterocycles. The van der Waals surface area contributed by atoms with E-state index < -0.39 is 0 Å². The molecule has 1 aliphatic carbocycles. The van der Waals surface area contributed by atoms with Crippen LogP contribution in [0, 0.1) is 6.92 Å². The zero-order chi connectivity index (χ0) is 18.7. The number of aryl methyl sites for hydroxylation is 1. The van der Waals surface area contributed by atoms with Crippen LogP contribution < -0.4 is 11.1 Å². The van der Waals surface area contributed by atoms with E-state index in [1.165, 1.54) is 24.0 Å². The lowest BCUT2D eigenvalue weighted by Crippen LogP contribution is -2.46. The van der Waals surface area contributed by atoms with Crippen LogP contribution in [0.25, 0.3) is 0 Å². The monoisotopic (exact) mass is 358 g/mol. The number of likely N-dealkylation sites (tertiary alicyclic amines) is 1. The minimum atomic E-state index is -0.386. The van der Waals surface area contributed by atoms with Gasteiger partial charge in [-0.2, -0.15) is 0 Å². The molecule has 0 radical (unpaired) electrons. The Morgan fingerprint density at radius 2 is 1.92 bits per heavy atom. The smallest absolute Gasteiger partial charge is 0.242 e. The van der Waals surface area contributed by atoms with Crippen molar-refractivity contribution < 1.29 is 9.59 Å². The topological polar surface area (TPSA) is 78.7 Å². The van der Waals surface area contributed by atoms with Crippen LogP contribution in [-0.4, -0.2) is 59.4 Å². The Balaban J connectivity index is 1.72. The zero-order valence-corrected chi connectivity index (χ0v) is 15.8. The molecule has 3 N–H and O–H groups in total. The van der Waals surface area contributed by atoms with Gasteiger partial charge in [0, 0.05) is 45.2 Å². The minimum Gasteiger partial charge on any atom is -0.353 e. The molecule has 2 amide bonds. The summed E-state index contributed by atoms with van der Waals surface area (Å²) >= 11 is 0. The molecule has 1 saturated heterocycles. The second kappa shape index (κ2) is 8.18. The first-order chi connectivity index (χ1) is 12.5. The van der Waals surface area contributed by atoms with Gasteiger partial charge in [0.15, 0.2) is 0 Å². The fourth-order valence-electron chi connectivity index (χ4n) is 3.83. The first kappa shape index (κ1) is 18.9. The molecule has 1 saturated carbocycles. The number of carbonyl (C=O) groups excluding carboxylic acids is 2. The molecule has 2 fully saturated rings. The van der Waals surface area contributed by atoms with Crippen LogP contribution >= 0.6 is 0 Å². The van der Waals surface area contributed by atoms with Crippen LogP contribution in [-0.2, 0) is 16.1 Å². The van der Waals surface area contributed by atoms with Crippen LogP contribution in [0.3, 0.4) is 0 Å². The van der Waals surface area contributed by atoms with Crippen LogP contribution in [0.4, 0.5) is 0 Å². The maximum atomic E-state index is 12.5. The highest BCUT2D eigenvalue weighted by atomic mass is 16.2. The molecule has 2 unspecified atom stereocenters. The molecular formula is C20H30N4O2. The Morgan fingerprint density at radius 3 is 2.50 bits per heavy atom. The molecule has 26 heavy (non-hydrogen) atoms. The highest BCUT2D eigenvalue weighted by molar-refractivity contribution is 5.87. The fourth-order valence-corrected chi connectivity index (χ4v) is 3.83. The van der Waals surface area contributed by atoms with Crippen LogP contribution in [0.1, 0.15) is 37.3 Å². The maximum absolute atomic E-state index is 12.5. The summed E-state index contributed by atoms with van der Waals surface area (Å²) in [6, 6.07) is 9.03. The Hall–Kier alpha value is -1.92. The molecule has 2 aliphatic rings. The van der Waals surface area contributed by atoms with E-state index in [4.69, 9.17) is 5.73 Å². The van der Waals surface area contributed by atoms with Crippen LogP contribution in [0.2, 0.25) is 0 Å². The largest absolute Gasteiger partial charge is 0.353 e. The third-order valence-corrected chi connectivity index (χ3v) is 5.40. The third kappa shape index (κ3) is 4.43. The average molecular weight is 358 g/mol. The molecule has 1 heterocycles. The van der Waals surface area contributed by atoms with Crippen molar-refractivity contribution in [2.75, 3.05) is 19.6 Å². The molecular weight excluding hydrogens is 328 g/mol. The third-order valence-electron chi connectivity index (χ3n) is 5.40. The highest BCUT2D eigenvalue weighted by Gasteiger charge is 2.44. The second-order valence-electron chi connectivity index (χ2n) is 7.55. The minimum absolute atomic E-state index is 0.0357. The van der Waals surface area contributed by atoms with E-state index in [2.05, 4.69) is 41.4 Å². The number of rotatable bonds is 7. The molecule has 1 aromatic rings. The van der Waals surface area contributed by atoms with Crippen molar-refractivity contribution in [3.8, 4) is 0 Å². The second-order valence-corrected chi connectivity index (χ2v) is 7.55. The molecule has 2 atom stereocenters. The van der Waals surface area contributed by atoms with E-state index in [0.29, 0.717) is 32.1 Å². The van der Waals surface area contributed by atoms with Crippen molar-refractivity contribution in [1.82, 2.24) is 15.1 Å². The molecule has 6 heteroatoms. The van der Waals surface area contributed by atoms with Gasteiger partial charge in [-0.05, 0) is 31.7 Å². The lowest BCUT2D eigenvalue weighted by molar-refractivity contribution is -0.136. The summed E-state index contributed by atoms with van der Waals surface area (Å²) in [7, 11) is 0. The van der Waals surface area contributed by atoms with E-state index in [0.717, 1.165) is 6.54 Å². The summed E-state index contributed by atoms with van der Waals surface area (Å²) in [6.07, 6.45) is 3.09. The molecule has 6 nitrogen and oxygen atoms in total. The van der Waals surface area contributed by atoms with Gasteiger partial charge in [-0.3, -0.25) is 14.5 Å². The van der Waals surface area contributed by atoms with Crippen molar-refractivity contribution in [1.29, 1.82) is 0 Å². The molecule has 1 aromatic carbocycles. The Bertz CT molecular complexity index is 642. The van der Waals surface area contributed by atoms with E-state index in [-0.39, 0.29) is 23.9 Å². The molecule has 0 aromatic heterocycles. The summed E-state index contributed by atoms with van der Waals surface area (Å²) in [6.45, 7) is 5.99. The molecule has 0 bridgehead atoms. The highest BCUT2D eigenvalue weighted by Crippen LogP contribution is 2.34. The number of nitrogens with one attached hydrogen (secondary N) is 1. The van der Waals surface area contributed by atoms with Crippen molar-refractivity contribution >= 4 is 11.8 Å². The Morgan fingerprint density at radius 1 is 1.23 bits per heavy atom. The van der Waals surface area contributed by atoms with Gasteiger partial charge in [0.25, 0.3) is 0 Å². The summed E-state index contributed by atoms with van der Waals surface area (Å²) < 4.78 is 0. The van der Waals surface area contributed by atoms with Crippen LogP contribution in [0.15, 0.2) is 24.3 Å². The Labute approximate surface area is 155 Å². The maximum Gasteiger partial charge on any atom is 0.242 e. The summed E-state index contributed by atoms with van der Waals surface area (Å²) in [4.78, 5) is 28.8. The van der Waals surface area contributed by atoms with Crippen molar-refractivity contribution in [2.24, 2.45) is 5.73 Å². The van der Waals surface area contributed by atoms with Gasteiger partial charge in [-0.25, -0.2) is 0 Å². The number of hydrogen-bond donors (Lipinski definition) is 2. The van der Waals surface area contributed by atoms with E-state index >= 15 is 0 Å². The number of nitrogens with zero attached hydrogens (tertiary/aromatic N) is 2. The van der Waals surface area contributed by atoms with Gasteiger partial charge >= 0.3 is 0 Å². The summed E-state index contributed by atoms with van der Waals surface area (Å²) in [5.41, 5.74) is 8.03. The number of hydrogen-bond acceptors (Lipinski definition) is 4. The van der Waals surface area contributed by atoms with E-state index in [1.807, 2.05) is 0 Å². The van der Waals surface area contributed by atoms with Gasteiger partial charge in [0.05, 0.1) is 0 Å². The first-order valence-electron chi connectivity index (χ1n) is 9.56. The molecule has 0 spiro atoms. The lowest BCUT2D eigenvalue weighted by atomic mass is 10.1. The normalized spacial score (nSPS) is 22.7. The van der Waals surface area contributed by atoms with Gasteiger partial charge in [0.2, 0.25) is 11.8 Å². The van der Waals surface area contributed by atoms with Crippen molar-refractivity contribution in [2.45, 2.75) is 57.8 Å². The van der Waals surface area contributed by atoms with Gasteiger partial charge in [-0.1, -0.05) is 29.8 Å².